The third-order valence-corrected chi connectivity index (χ3v) is 2.91. The number of nitrogens with zero attached hydrogens (tertiary/aromatic N) is 6. The van der Waals surface area contributed by atoms with E-state index < -0.39 is 0 Å². The molecule has 0 aliphatic carbocycles. The van der Waals surface area contributed by atoms with Gasteiger partial charge in [-0.15, -0.1) is 5.10 Å². The molecule has 0 unspecified atom stereocenters. The predicted molar refractivity (Wildman–Crippen MR) is 70.2 cm³/mol. The Morgan fingerprint density at radius 2 is 2.00 bits per heavy atom. The first kappa shape index (κ1) is 11.6. The third kappa shape index (κ3) is 2.52. The lowest BCUT2D eigenvalue weighted by Crippen LogP contribution is -2.08. The largest absolute Gasteiger partial charge is 0.271 e. The minimum absolute atomic E-state index is 0.737. The minimum atomic E-state index is 0.737. The van der Waals surface area contributed by atoms with Crippen LogP contribution in [-0.2, 0) is 13.1 Å². The van der Waals surface area contributed by atoms with Gasteiger partial charge in [0.05, 0.1) is 25.0 Å². The summed E-state index contributed by atoms with van der Waals surface area (Å²) in [5, 5.41) is 12.4. The van der Waals surface area contributed by atoms with Gasteiger partial charge in [0.2, 0.25) is 0 Å². The summed E-state index contributed by atoms with van der Waals surface area (Å²) in [7, 11) is 0. The van der Waals surface area contributed by atoms with Crippen molar-refractivity contribution in [2.75, 3.05) is 0 Å². The molecule has 0 saturated carbocycles. The quantitative estimate of drug-likeness (QED) is 0.708. The molecule has 0 aliphatic rings. The lowest BCUT2D eigenvalue weighted by atomic mass is 10.2. The van der Waals surface area contributed by atoms with Crippen LogP contribution in [0.2, 0.25) is 0 Å². The van der Waals surface area contributed by atoms with Gasteiger partial charge in [-0.25, -0.2) is 4.68 Å². The van der Waals surface area contributed by atoms with Gasteiger partial charge < -0.3 is 0 Å². The molecule has 0 N–H and O–H groups in total. The number of aromatic nitrogens is 6. The fourth-order valence-corrected chi connectivity index (χ4v) is 1.91. The third-order valence-electron chi connectivity index (χ3n) is 2.91. The second-order valence-electron chi connectivity index (χ2n) is 4.30. The summed E-state index contributed by atoms with van der Waals surface area (Å²) in [5.41, 5.74) is 2.79. The standard InChI is InChI=1S/C13H14N6/c1-11-4-2-5-14-13(11)12-10-19(17-16-12)9-8-18-7-3-6-15-18/h2-7,10H,8-9H2,1H3. The highest BCUT2D eigenvalue weighted by Gasteiger charge is 2.07. The Balaban J connectivity index is 1.75. The molecular weight excluding hydrogens is 240 g/mol. The number of pyridine rings is 1. The van der Waals surface area contributed by atoms with Crippen LogP contribution in [0.4, 0.5) is 0 Å². The molecule has 96 valence electrons. The van der Waals surface area contributed by atoms with Gasteiger partial charge >= 0.3 is 0 Å². The van der Waals surface area contributed by atoms with Gasteiger partial charge in [0.1, 0.15) is 5.69 Å². The van der Waals surface area contributed by atoms with Crippen LogP contribution in [0.3, 0.4) is 0 Å². The molecule has 3 heterocycles. The lowest BCUT2D eigenvalue weighted by molar-refractivity contribution is 0.490. The van der Waals surface area contributed by atoms with Crippen LogP contribution in [0.1, 0.15) is 5.56 Å². The monoisotopic (exact) mass is 254 g/mol. The Bertz CT molecular complexity index is 655. The van der Waals surface area contributed by atoms with E-state index in [2.05, 4.69) is 20.4 Å². The van der Waals surface area contributed by atoms with E-state index in [-0.39, 0.29) is 0 Å². The van der Waals surface area contributed by atoms with Gasteiger partial charge in [-0.2, -0.15) is 5.10 Å². The Morgan fingerprint density at radius 3 is 2.79 bits per heavy atom. The highest BCUT2D eigenvalue weighted by Crippen LogP contribution is 2.16. The zero-order valence-electron chi connectivity index (χ0n) is 10.6. The topological polar surface area (TPSA) is 61.4 Å². The average molecular weight is 254 g/mol. The molecule has 0 amide bonds. The van der Waals surface area contributed by atoms with Crippen molar-refractivity contribution in [1.29, 1.82) is 0 Å². The highest BCUT2D eigenvalue weighted by atomic mass is 15.4. The SMILES string of the molecule is Cc1cccnc1-c1cn(CCn2cccn2)nn1. The van der Waals surface area contributed by atoms with Crippen LogP contribution in [0, 0.1) is 6.92 Å². The molecule has 0 atom stereocenters. The number of aryl methyl sites for hydroxylation is 3. The van der Waals surface area contributed by atoms with Crippen LogP contribution in [0.5, 0.6) is 0 Å². The Hall–Kier alpha value is -2.50. The van der Waals surface area contributed by atoms with Gasteiger partial charge in [0.25, 0.3) is 0 Å². The van der Waals surface area contributed by atoms with Crippen LogP contribution >= 0.6 is 0 Å². The maximum absolute atomic E-state index is 4.34. The highest BCUT2D eigenvalue weighted by molar-refractivity contribution is 5.56. The summed E-state index contributed by atoms with van der Waals surface area (Å²) in [6, 6.07) is 5.84. The lowest BCUT2D eigenvalue weighted by Gasteiger charge is -2.01. The number of hydrogen-bond acceptors (Lipinski definition) is 4. The predicted octanol–water partition coefficient (Wildman–Crippen LogP) is 1.55. The van der Waals surface area contributed by atoms with Gasteiger partial charge in [0, 0.05) is 18.6 Å². The van der Waals surface area contributed by atoms with Crippen molar-refractivity contribution in [3.8, 4) is 11.4 Å². The van der Waals surface area contributed by atoms with E-state index >= 15 is 0 Å². The van der Waals surface area contributed by atoms with Crippen molar-refractivity contribution in [3.63, 3.8) is 0 Å². The molecular formula is C13H14N6. The van der Waals surface area contributed by atoms with Gasteiger partial charge in [0.15, 0.2) is 0 Å². The molecule has 0 radical (unpaired) electrons. The van der Waals surface area contributed by atoms with E-state index in [0.717, 1.165) is 30.0 Å². The van der Waals surface area contributed by atoms with Crippen molar-refractivity contribution >= 4 is 0 Å². The maximum Gasteiger partial charge on any atom is 0.131 e. The van der Waals surface area contributed by atoms with Crippen molar-refractivity contribution < 1.29 is 0 Å². The molecule has 0 bridgehead atoms. The summed E-state index contributed by atoms with van der Waals surface area (Å²) in [5.74, 6) is 0. The Labute approximate surface area is 110 Å². The van der Waals surface area contributed by atoms with E-state index in [1.54, 1.807) is 12.4 Å². The fourth-order valence-electron chi connectivity index (χ4n) is 1.91. The molecule has 3 rings (SSSR count). The molecule has 6 heteroatoms. The maximum atomic E-state index is 4.34. The van der Waals surface area contributed by atoms with Crippen LogP contribution in [0.25, 0.3) is 11.4 Å². The Morgan fingerprint density at radius 1 is 1.11 bits per heavy atom. The molecule has 0 fully saturated rings. The second-order valence-corrected chi connectivity index (χ2v) is 4.30. The average Bonchev–Trinajstić information content (AvgIpc) is 3.08. The number of rotatable bonds is 4. The normalized spacial score (nSPS) is 10.8. The van der Waals surface area contributed by atoms with Crippen molar-refractivity contribution in [2.24, 2.45) is 0 Å². The summed E-state index contributed by atoms with van der Waals surface area (Å²) < 4.78 is 3.68. The van der Waals surface area contributed by atoms with Crippen LogP contribution in [-0.4, -0.2) is 29.8 Å². The first-order chi connectivity index (χ1) is 9.33. The van der Waals surface area contributed by atoms with Crippen LogP contribution < -0.4 is 0 Å². The van der Waals surface area contributed by atoms with E-state index in [0.29, 0.717) is 0 Å². The van der Waals surface area contributed by atoms with E-state index in [1.165, 1.54) is 0 Å². The van der Waals surface area contributed by atoms with Crippen molar-refractivity contribution in [2.45, 2.75) is 20.0 Å². The van der Waals surface area contributed by atoms with Crippen molar-refractivity contribution in [3.05, 3.63) is 48.5 Å². The molecule has 3 aromatic heterocycles. The first-order valence-electron chi connectivity index (χ1n) is 6.12. The molecule has 3 aromatic rings. The van der Waals surface area contributed by atoms with E-state index in [9.17, 15) is 0 Å². The fraction of sp³-hybridized carbons (Fsp3) is 0.231. The second kappa shape index (κ2) is 5.01. The smallest absolute Gasteiger partial charge is 0.131 e. The molecule has 0 aromatic carbocycles. The van der Waals surface area contributed by atoms with E-state index in [4.69, 9.17) is 0 Å². The summed E-state index contributed by atoms with van der Waals surface area (Å²) >= 11 is 0. The molecule has 6 nitrogen and oxygen atoms in total. The molecule has 0 saturated heterocycles. The zero-order chi connectivity index (χ0) is 13.1. The summed E-state index contributed by atoms with van der Waals surface area (Å²) in [6.45, 7) is 3.53. The summed E-state index contributed by atoms with van der Waals surface area (Å²) in [6.07, 6.45) is 7.38. The van der Waals surface area contributed by atoms with Gasteiger partial charge in [-0.1, -0.05) is 11.3 Å². The van der Waals surface area contributed by atoms with Gasteiger partial charge in [-0.3, -0.25) is 9.67 Å². The first-order valence-corrected chi connectivity index (χ1v) is 6.12. The van der Waals surface area contributed by atoms with E-state index in [1.807, 2.05) is 46.9 Å². The van der Waals surface area contributed by atoms with Crippen LogP contribution in [0.15, 0.2) is 43.0 Å². The number of hydrogen-bond donors (Lipinski definition) is 0. The summed E-state index contributed by atoms with van der Waals surface area (Å²) in [4.78, 5) is 4.34. The van der Waals surface area contributed by atoms with Crippen molar-refractivity contribution in [1.82, 2.24) is 29.8 Å². The zero-order valence-corrected chi connectivity index (χ0v) is 10.6. The van der Waals surface area contributed by atoms with Gasteiger partial charge in [-0.05, 0) is 24.6 Å². The molecule has 19 heavy (non-hydrogen) atoms. The molecule has 0 aliphatic heterocycles. The Kier molecular flexibility index (Phi) is 3.06. The minimum Gasteiger partial charge on any atom is -0.271 e. The molecule has 0 spiro atoms.